The van der Waals surface area contributed by atoms with Crippen LogP contribution in [0.3, 0.4) is 0 Å². The molecule has 0 spiro atoms. The molecule has 0 saturated carbocycles. The first kappa shape index (κ1) is 12.1. The van der Waals surface area contributed by atoms with E-state index in [1.165, 1.54) is 0 Å². The molecule has 96 valence electrons. The Morgan fingerprint density at radius 3 is 2.84 bits per heavy atom. The van der Waals surface area contributed by atoms with Gasteiger partial charge in [-0.05, 0) is 30.1 Å². The van der Waals surface area contributed by atoms with Crippen LogP contribution in [0.15, 0.2) is 48.5 Å². The quantitative estimate of drug-likeness (QED) is 0.834. The maximum absolute atomic E-state index is 5.86. The van der Waals surface area contributed by atoms with Crippen LogP contribution in [-0.2, 0) is 11.3 Å². The van der Waals surface area contributed by atoms with Crippen molar-refractivity contribution in [1.29, 1.82) is 0 Å². The predicted octanol–water partition coefficient (Wildman–Crippen LogP) is 2.42. The highest BCUT2D eigenvalue weighted by Gasteiger charge is 2.25. The molecule has 1 aliphatic rings. The molecule has 0 radical (unpaired) electrons. The topological polar surface area (TPSA) is 30.5 Å². The van der Waals surface area contributed by atoms with E-state index in [1.807, 2.05) is 43.3 Å². The minimum absolute atomic E-state index is 0.133. The Hall–Kier alpha value is -1.94. The summed E-state index contributed by atoms with van der Waals surface area (Å²) >= 11 is 0. The monoisotopic (exact) mass is 253 g/mol. The molecule has 0 aliphatic carbocycles. The lowest BCUT2D eigenvalue weighted by atomic mass is 9.70. The molecule has 0 bridgehead atoms. The van der Waals surface area contributed by atoms with Crippen LogP contribution in [0.2, 0.25) is 0 Å². The van der Waals surface area contributed by atoms with Crippen LogP contribution in [0.1, 0.15) is 12.5 Å². The Bertz CT molecular complexity index is 574. The molecule has 3 nitrogen and oxygen atoms in total. The number of fused-ring (bicyclic) bond motifs is 2. The summed E-state index contributed by atoms with van der Waals surface area (Å²) in [6.07, 6.45) is 0. The van der Waals surface area contributed by atoms with Gasteiger partial charge >= 0.3 is 7.05 Å². The minimum Gasteiger partial charge on any atom is -0.487 e. The molecule has 0 atom stereocenters. The summed E-state index contributed by atoms with van der Waals surface area (Å²) in [7, 11) is -0.133. The molecule has 3 rings (SSSR count). The Kier molecular flexibility index (Phi) is 3.42. The number of para-hydroxylation sites is 2. The van der Waals surface area contributed by atoms with E-state index >= 15 is 0 Å². The van der Waals surface area contributed by atoms with E-state index in [0.717, 1.165) is 22.5 Å². The van der Waals surface area contributed by atoms with Gasteiger partial charge in [0, 0.05) is 6.61 Å². The highest BCUT2D eigenvalue weighted by molar-refractivity contribution is 6.71. The smallest absolute Gasteiger partial charge is 0.449 e. The molecule has 19 heavy (non-hydrogen) atoms. The Morgan fingerprint density at radius 1 is 1.16 bits per heavy atom. The maximum atomic E-state index is 5.86. The minimum atomic E-state index is -0.133. The molecule has 1 aliphatic heterocycles. The van der Waals surface area contributed by atoms with Crippen molar-refractivity contribution in [2.45, 2.75) is 13.5 Å². The van der Waals surface area contributed by atoms with Gasteiger partial charge in [-0.2, -0.15) is 0 Å². The maximum Gasteiger partial charge on any atom is 0.449 e. The summed E-state index contributed by atoms with van der Waals surface area (Å²) in [6.45, 7) is 3.24. The Morgan fingerprint density at radius 2 is 1.95 bits per heavy atom. The van der Waals surface area contributed by atoms with Crippen molar-refractivity contribution in [3.05, 3.63) is 54.1 Å². The third-order valence-corrected chi connectivity index (χ3v) is 3.23. The summed E-state index contributed by atoms with van der Waals surface area (Å²) in [6, 6.07) is 16.2. The van der Waals surface area contributed by atoms with Crippen molar-refractivity contribution >= 4 is 18.2 Å². The van der Waals surface area contributed by atoms with Gasteiger partial charge < -0.3 is 14.6 Å². The second-order valence-electron chi connectivity index (χ2n) is 4.46. The van der Waals surface area contributed by atoms with Gasteiger partial charge in [0.05, 0.1) is 5.69 Å². The zero-order valence-electron chi connectivity index (χ0n) is 10.9. The number of ether oxygens (including phenoxy) is 1. The number of nitrogens with one attached hydrogen (secondary N) is 1. The van der Waals surface area contributed by atoms with E-state index in [0.29, 0.717) is 13.2 Å². The molecular formula is C15H16BNO2. The fraction of sp³-hybridized carbons (Fsp3) is 0.200. The van der Waals surface area contributed by atoms with Crippen LogP contribution < -0.4 is 15.4 Å². The zero-order valence-corrected chi connectivity index (χ0v) is 10.9. The molecular weight excluding hydrogens is 237 g/mol. The van der Waals surface area contributed by atoms with Crippen LogP contribution in [-0.4, -0.2) is 13.7 Å². The van der Waals surface area contributed by atoms with Crippen LogP contribution >= 0.6 is 0 Å². The summed E-state index contributed by atoms with van der Waals surface area (Å²) in [5, 5.41) is 3.41. The van der Waals surface area contributed by atoms with Crippen LogP contribution in [0.25, 0.3) is 0 Å². The van der Waals surface area contributed by atoms with Gasteiger partial charge in [0.25, 0.3) is 0 Å². The van der Waals surface area contributed by atoms with E-state index in [9.17, 15) is 0 Å². The van der Waals surface area contributed by atoms with Crippen LogP contribution in [0, 0.1) is 0 Å². The first-order valence-corrected chi connectivity index (χ1v) is 6.56. The molecule has 0 unspecified atom stereocenters. The van der Waals surface area contributed by atoms with Gasteiger partial charge in [-0.3, -0.25) is 0 Å². The molecule has 2 aromatic carbocycles. The number of benzene rings is 2. The molecule has 0 amide bonds. The normalized spacial score (nSPS) is 13.4. The first-order valence-electron chi connectivity index (χ1n) is 6.56. The molecule has 4 heteroatoms. The number of rotatable bonds is 2. The van der Waals surface area contributed by atoms with E-state index in [4.69, 9.17) is 9.39 Å². The summed E-state index contributed by atoms with van der Waals surface area (Å²) in [4.78, 5) is 0. The molecule has 1 N–H and O–H groups in total. The standard InChI is InChI=1S/C15H16BNO2/c1-2-19-16-13-8-4-3-7-12(13)11-18-15-10-6-5-9-14(15)17-16/h3-10,17H,2,11H2,1H3. The fourth-order valence-electron chi connectivity index (χ4n) is 2.31. The van der Waals surface area contributed by atoms with Gasteiger partial charge in [0.2, 0.25) is 0 Å². The molecule has 1 heterocycles. The van der Waals surface area contributed by atoms with E-state index in [2.05, 4.69) is 17.4 Å². The number of anilines is 1. The van der Waals surface area contributed by atoms with Gasteiger partial charge in [-0.15, -0.1) is 0 Å². The lowest BCUT2D eigenvalue weighted by molar-refractivity contribution is 0.305. The fourth-order valence-corrected chi connectivity index (χ4v) is 2.31. The summed E-state index contributed by atoms with van der Waals surface area (Å²) in [5.41, 5.74) is 3.26. The summed E-state index contributed by atoms with van der Waals surface area (Å²) < 4.78 is 11.7. The van der Waals surface area contributed by atoms with Crippen molar-refractivity contribution in [1.82, 2.24) is 0 Å². The van der Waals surface area contributed by atoms with Crippen molar-refractivity contribution in [2.75, 3.05) is 11.8 Å². The molecule has 2 aromatic rings. The van der Waals surface area contributed by atoms with Crippen molar-refractivity contribution in [3.8, 4) is 5.75 Å². The van der Waals surface area contributed by atoms with Gasteiger partial charge in [-0.25, -0.2) is 0 Å². The molecule has 0 aromatic heterocycles. The van der Waals surface area contributed by atoms with E-state index in [-0.39, 0.29) is 7.05 Å². The highest BCUT2D eigenvalue weighted by Crippen LogP contribution is 2.26. The highest BCUT2D eigenvalue weighted by atomic mass is 16.5. The van der Waals surface area contributed by atoms with Gasteiger partial charge in [0.1, 0.15) is 12.4 Å². The lowest BCUT2D eigenvalue weighted by Gasteiger charge is -2.24. The van der Waals surface area contributed by atoms with Crippen molar-refractivity contribution in [3.63, 3.8) is 0 Å². The van der Waals surface area contributed by atoms with Crippen LogP contribution in [0.5, 0.6) is 5.75 Å². The third kappa shape index (κ3) is 2.44. The van der Waals surface area contributed by atoms with E-state index in [1.54, 1.807) is 0 Å². The zero-order chi connectivity index (χ0) is 13.1. The summed E-state index contributed by atoms with van der Waals surface area (Å²) in [5.74, 6) is 0.863. The predicted molar refractivity (Wildman–Crippen MR) is 77.9 cm³/mol. The average molecular weight is 253 g/mol. The first-order chi connectivity index (χ1) is 9.38. The number of hydrogen-bond acceptors (Lipinski definition) is 3. The van der Waals surface area contributed by atoms with E-state index < -0.39 is 0 Å². The molecule has 0 saturated heterocycles. The van der Waals surface area contributed by atoms with Crippen molar-refractivity contribution < 1.29 is 9.39 Å². The van der Waals surface area contributed by atoms with Gasteiger partial charge in [-0.1, -0.05) is 36.4 Å². The number of hydrogen-bond donors (Lipinski definition) is 1. The SMILES string of the molecule is CCOB1Nc2ccccc2OCc2ccccc21. The lowest BCUT2D eigenvalue weighted by Crippen LogP contribution is -2.44. The van der Waals surface area contributed by atoms with Crippen LogP contribution in [0.4, 0.5) is 5.69 Å². The Balaban J connectivity index is 2.02. The average Bonchev–Trinajstić information content (AvgIpc) is 2.44. The second kappa shape index (κ2) is 5.37. The van der Waals surface area contributed by atoms with Gasteiger partial charge in [0.15, 0.2) is 0 Å². The largest absolute Gasteiger partial charge is 0.487 e. The second-order valence-corrected chi connectivity index (χ2v) is 4.46. The third-order valence-electron chi connectivity index (χ3n) is 3.23. The molecule has 0 fully saturated rings. The van der Waals surface area contributed by atoms with Crippen molar-refractivity contribution in [2.24, 2.45) is 0 Å². The Labute approximate surface area is 113 Å².